The van der Waals surface area contributed by atoms with Gasteiger partial charge in [-0.1, -0.05) is 54.6 Å². The lowest BCUT2D eigenvalue weighted by Crippen LogP contribution is -2.29. The molecule has 1 atom stereocenters. The van der Waals surface area contributed by atoms with Crippen LogP contribution in [0.2, 0.25) is 0 Å². The highest BCUT2D eigenvalue weighted by Crippen LogP contribution is 2.21. The van der Waals surface area contributed by atoms with Gasteiger partial charge < -0.3 is 10.2 Å². The number of amides is 2. The van der Waals surface area contributed by atoms with E-state index in [-0.39, 0.29) is 17.9 Å². The molecule has 1 aliphatic heterocycles. The fourth-order valence-corrected chi connectivity index (χ4v) is 3.36. The number of rotatable bonds is 7. The van der Waals surface area contributed by atoms with Gasteiger partial charge in [0.05, 0.1) is 6.04 Å². The van der Waals surface area contributed by atoms with E-state index in [0.29, 0.717) is 19.4 Å². The normalized spacial score (nSPS) is 15.1. The Morgan fingerprint density at radius 3 is 2.42 bits per heavy atom. The van der Waals surface area contributed by atoms with Gasteiger partial charge in [0.15, 0.2) is 0 Å². The molecule has 1 unspecified atom stereocenters. The van der Waals surface area contributed by atoms with Crippen molar-refractivity contribution in [1.29, 1.82) is 0 Å². The van der Waals surface area contributed by atoms with Crippen LogP contribution < -0.4 is 5.32 Å². The quantitative estimate of drug-likeness (QED) is 0.822. The fraction of sp³-hybridized carbons (Fsp3) is 0.364. The molecule has 1 saturated heterocycles. The Hall–Kier alpha value is -2.62. The maximum atomic E-state index is 12.2. The average Bonchev–Trinajstić information content (AvgIpc) is 3.07. The first-order valence-corrected chi connectivity index (χ1v) is 9.36. The van der Waals surface area contributed by atoms with Crippen LogP contribution in [-0.4, -0.2) is 29.8 Å². The number of nitrogens with one attached hydrogen (secondary N) is 1. The smallest absolute Gasteiger partial charge is 0.222 e. The number of hydrogen-bond donors (Lipinski definition) is 1. The number of carbonyl (C=O) groups is 2. The third-order valence-corrected chi connectivity index (χ3v) is 4.90. The Labute approximate surface area is 155 Å². The molecule has 0 radical (unpaired) electrons. The van der Waals surface area contributed by atoms with Gasteiger partial charge in [0.2, 0.25) is 11.8 Å². The molecule has 1 aliphatic rings. The second kappa shape index (κ2) is 8.65. The molecular weight excluding hydrogens is 324 g/mol. The van der Waals surface area contributed by atoms with Crippen molar-refractivity contribution in [2.24, 2.45) is 0 Å². The molecule has 2 aromatic rings. The van der Waals surface area contributed by atoms with Gasteiger partial charge in [-0.3, -0.25) is 9.59 Å². The Bertz CT molecular complexity index is 740. The van der Waals surface area contributed by atoms with E-state index in [4.69, 9.17) is 0 Å². The van der Waals surface area contributed by atoms with Crippen molar-refractivity contribution in [3.8, 4) is 11.1 Å². The standard InChI is InChI=1S/C22H26N2O2/c1-17(23-21(25)9-5-15-24-16-6-10-22(24)26)18-11-13-20(14-12-18)19-7-3-2-4-8-19/h2-4,7-8,11-14,17H,5-6,9-10,15-16H2,1H3,(H,23,25). The van der Waals surface area contributed by atoms with Crippen LogP contribution in [0, 0.1) is 0 Å². The van der Waals surface area contributed by atoms with Gasteiger partial charge in [-0.25, -0.2) is 0 Å². The SMILES string of the molecule is CC(NC(=O)CCCN1CCCC1=O)c1ccc(-c2ccccc2)cc1. The van der Waals surface area contributed by atoms with E-state index < -0.39 is 0 Å². The zero-order valence-corrected chi connectivity index (χ0v) is 15.3. The molecule has 136 valence electrons. The maximum absolute atomic E-state index is 12.2. The number of benzene rings is 2. The van der Waals surface area contributed by atoms with E-state index in [1.54, 1.807) is 0 Å². The number of carbonyl (C=O) groups excluding carboxylic acids is 2. The van der Waals surface area contributed by atoms with Crippen LogP contribution in [0.25, 0.3) is 11.1 Å². The Balaban J connectivity index is 1.47. The second-order valence-electron chi connectivity index (χ2n) is 6.87. The first-order valence-electron chi connectivity index (χ1n) is 9.36. The molecular formula is C22H26N2O2. The molecule has 3 rings (SSSR count). The van der Waals surface area contributed by atoms with E-state index in [9.17, 15) is 9.59 Å². The predicted molar refractivity (Wildman–Crippen MR) is 103 cm³/mol. The lowest BCUT2D eigenvalue weighted by atomic mass is 10.0. The van der Waals surface area contributed by atoms with Gasteiger partial charge >= 0.3 is 0 Å². The minimum atomic E-state index is -0.0271. The number of hydrogen-bond acceptors (Lipinski definition) is 2. The van der Waals surface area contributed by atoms with Gasteiger partial charge in [-0.2, -0.15) is 0 Å². The maximum Gasteiger partial charge on any atom is 0.222 e. The molecule has 0 aromatic heterocycles. The zero-order chi connectivity index (χ0) is 18.4. The zero-order valence-electron chi connectivity index (χ0n) is 15.3. The lowest BCUT2D eigenvalue weighted by molar-refractivity contribution is -0.128. The second-order valence-corrected chi connectivity index (χ2v) is 6.87. The van der Waals surface area contributed by atoms with Crippen LogP contribution in [0.5, 0.6) is 0 Å². The van der Waals surface area contributed by atoms with E-state index in [1.807, 2.05) is 30.0 Å². The molecule has 2 aromatic carbocycles. The Morgan fingerprint density at radius 2 is 1.77 bits per heavy atom. The van der Waals surface area contributed by atoms with Crippen molar-refractivity contribution < 1.29 is 9.59 Å². The molecule has 1 fully saturated rings. The Kier molecular flexibility index (Phi) is 6.05. The van der Waals surface area contributed by atoms with Crippen molar-refractivity contribution in [3.05, 3.63) is 60.2 Å². The molecule has 0 saturated carbocycles. The van der Waals surface area contributed by atoms with Gasteiger partial charge in [0, 0.05) is 25.9 Å². The van der Waals surface area contributed by atoms with Crippen molar-refractivity contribution in [2.45, 2.75) is 38.6 Å². The molecule has 4 nitrogen and oxygen atoms in total. The molecule has 1 N–H and O–H groups in total. The summed E-state index contributed by atoms with van der Waals surface area (Å²) >= 11 is 0. The number of nitrogens with zero attached hydrogens (tertiary/aromatic N) is 1. The van der Waals surface area contributed by atoms with Gasteiger partial charge in [0.1, 0.15) is 0 Å². The summed E-state index contributed by atoms with van der Waals surface area (Å²) in [6.07, 6.45) is 2.77. The van der Waals surface area contributed by atoms with Crippen molar-refractivity contribution in [3.63, 3.8) is 0 Å². The summed E-state index contributed by atoms with van der Waals surface area (Å²) in [4.78, 5) is 25.6. The summed E-state index contributed by atoms with van der Waals surface area (Å²) in [6, 6.07) is 18.5. The Morgan fingerprint density at radius 1 is 1.08 bits per heavy atom. The summed E-state index contributed by atoms with van der Waals surface area (Å²) in [5, 5.41) is 3.05. The third kappa shape index (κ3) is 4.72. The minimum Gasteiger partial charge on any atom is -0.350 e. The van der Waals surface area contributed by atoms with E-state index >= 15 is 0 Å². The van der Waals surface area contributed by atoms with Crippen LogP contribution in [0.4, 0.5) is 0 Å². The van der Waals surface area contributed by atoms with Gasteiger partial charge in [-0.05, 0) is 36.5 Å². The molecule has 0 aliphatic carbocycles. The van der Waals surface area contributed by atoms with Crippen LogP contribution in [0.15, 0.2) is 54.6 Å². The molecule has 2 amide bonds. The van der Waals surface area contributed by atoms with Crippen LogP contribution >= 0.6 is 0 Å². The minimum absolute atomic E-state index is 0.0271. The van der Waals surface area contributed by atoms with E-state index in [1.165, 1.54) is 11.1 Å². The van der Waals surface area contributed by atoms with Crippen LogP contribution in [0.1, 0.15) is 44.2 Å². The molecule has 4 heteroatoms. The first-order chi connectivity index (χ1) is 12.6. The van der Waals surface area contributed by atoms with Gasteiger partial charge in [0.25, 0.3) is 0 Å². The molecule has 26 heavy (non-hydrogen) atoms. The summed E-state index contributed by atoms with van der Waals surface area (Å²) in [5.41, 5.74) is 3.45. The summed E-state index contributed by atoms with van der Waals surface area (Å²) < 4.78 is 0. The van der Waals surface area contributed by atoms with Crippen LogP contribution in [-0.2, 0) is 9.59 Å². The summed E-state index contributed by atoms with van der Waals surface area (Å²) in [7, 11) is 0. The lowest BCUT2D eigenvalue weighted by Gasteiger charge is -2.17. The molecule has 0 bridgehead atoms. The first kappa shape index (κ1) is 18.2. The van der Waals surface area contributed by atoms with Crippen LogP contribution in [0.3, 0.4) is 0 Å². The molecule has 0 spiro atoms. The topological polar surface area (TPSA) is 49.4 Å². The molecule has 1 heterocycles. The largest absolute Gasteiger partial charge is 0.350 e. The van der Waals surface area contributed by atoms with Crippen molar-refractivity contribution in [2.75, 3.05) is 13.1 Å². The highest BCUT2D eigenvalue weighted by molar-refractivity contribution is 5.78. The summed E-state index contributed by atoms with van der Waals surface area (Å²) in [6.45, 7) is 3.52. The fourth-order valence-electron chi connectivity index (χ4n) is 3.36. The highest BCUT2D eigenvalue weighted by atomic mass is 16.2. The van der Waals surface area contributed by atoms with Crippen molar-refractivity contribution >= 4 is 11.8 Å². The monoisotopic (exact) mass is 350 g/mol. The van der Waals surface area contributed by atoms with Gasteiger partial charge in [-0.15, -0.1) is 0 Å². The number of likely N-dealkylation sites (tertiary alicyclic amines) is 1. The third-order valence-electron chi connectivity index (χ3n) is 4.90. The van der Waals surface area contributed by atoms with Crippen molar-refractivity contribution in [1.82, 2.24) is 10.2 Å². The highest BCUT2D eigenvalue weighted by Gasteiger charge is 2.19. The van der Waals surface area contributed by atoms with E-state index in [0.717, 1.165) is 24.9 Å². The van der Waals surface area contributed by atoms with E-state index in [2.05, 4.69) is 41.7 Å². The predicted octanol–water partition coefficient (Wildman–Crippen LogP) is 3.93. The average molecular weight is 350 g/mol. The summed E-state index contributed by atoms with van der Waals surface area (Å²) in [5.74, 6) is 0.258.